The van der Waals surface area contributed by atoms with Gasteiger partial charge in [-0.3, -0.25) is 14.8 Å². The van der Waals surface area contributed by atoms with Crippen molar-refractivity contribution in [3.05, 3.63) is 52.0 Å². The summed E-state index contributed by atoms with van der Waals surface area (Å²) in [5, 5.41) is 2.17. The Morgan fingerprint density at radius 2 is 2.17 bits per heavy atom. The Balaban J connectivity index is 1.28. The highest BCUT2D eigenvalue weighted by molar-refractivity contribution is 7.09. The Morgan fingerprint density at radius 1 is 1.21 bits per heavy atom. The van der Waals surface area contributed by atoms with E-state index in [9.17, 15) is 0 Å². The lowest BCUT2D eigenvalue weighted by Crippen LogP contribution is -2.49. The molecule has 4 nitrogen and oxygen atoms in total. The van der Waals surface area contributed by atoms with Gasteiger partial charge in [-0.05, 0) is 36.9 Å². The molecule has 0 aromatic carbocycles. The molecule has 2 aliphatic rings. The van der Waals surface area contributed by atoms with Crippen LogP contribution in [-0.4, -0.2) is 53.1 Å². The monoisotopic (exact) mass is 343 g/mol. The summed E-state index contributed by atoms with van der Waals surface area (Å²) in [5.41, 5.74) is 2.10. The molecule has 2 aromatic heterocycles. The third-order valence-corrected chi connectivity index (χ3v) is 5.90. The molecular formula is C19H25N3OS. The van der Waals surface area contributed by atoms with Crippen LogP contribution in [-0.2, 0) is 17.9 Å². The number of hydrogen-bond donors (Lipinski definition) is 0. The second kappa shape index (κ2) is 7.31. The number of aromatic nitrogens is 1. The molecule has 5 heteroatoms. The zero-order valence-electron chi connectivity index (χ0n) is 14.2. The Kier molecular flexibility index (Phi) is 4.94. The van der Waals surface area contributed by atoms with Crippen molar-refractivity contribution in [3.8, 4) is 0 Å². The second-order valence-electron chi connectivity index (χ2n) is 6.90. The summed E-state index contributed by atoms with van der Waals surface area (Å²) < 4.78 is 6.16. The predicted octanol–water partition coefficient (Wildman–Crippen LogP) is 2.93. The lowest BCUT2D eigenvalue weighted by molar-refractivity contribution is 0.0440. The first kappa shape index (κ1) is 16.2. The standard InChI is InChI=1S/C19H25N3OS/c1-15-4-2-5-16(20-15)14-23-18-10-17-11-21(7-8-22(17)12-18)13-19-6-3-9-24-19/h2-6,9,17-18H,7-8,10-14H2,1H3/t17-,18-/m1/s1. The molecule has 0 saturated carbocycles. The van der Waals surface area contributed by atoms with Gasteiger partial charge in [0.25, 0.3) is 0 Å². The second-order valence-corrected chi connectivity index (χ2v) is 7.93. The fourth-order valence-electron chi connectivity index (χ4n) is 3.83. The fourth-order valence-corrected chi connectivity index (χ4v) is 4.58. The van der Waals surface area contributed by atoms with Crippen LogP contribution >= 0.6 is 11.3 Å². The van der Waals surface area contributed by atoms with Crippen molar-refractivity contribution in [2.75, 3.05) is 26.2 Å². The maximum absolute atomic E-state index is 6.16. The number of thiophene rings is 1. The number of piperazine rings is 1. The average molecular weight is 343 g/mol. The van der Waals surface area contributed by atoms with Crippen molar-refractivity contribution in [2.45, 2.75) is 38.6 Å². The van der Waals surface area contributed by atoms with Gasteiger partial charge in [0.15, 0.2) is 0 Å². The molecule has 128 valence electrons. The Labute approximate surface area is 148 Å². The van der Waals surface area contributed by atoms with Crippen molar-refractivity contribution in [2.24, 2.45) is 0 Å². The van der Waals surface area contributed by atoms with Gasteiger partial charge in [0.05, 0.1) is 18.4 Å². The maximum Gasteiger partial charge on any atom is 0.0892 e. The number of fused-ring (bicyclic) bond motifs is 1. The van der Waals surface area contributed by atoms with Crippen LogP contribution in [0.2, 0.25) is 0 Å². The van der Waals surface area contributed by atoms with Gasteiger partial charge in [0.2, 0.25) is 0 Å². The molecule has 0 amide bonds. The molecule has 2 aromatic rings. The van der Waals surface area contributed by atoms with Crippen LogP contribution in [0.25, 0.3) is 0 Å². The van der Waals surface area contributed by atoms with E-state index in [4.69, 9.17) is 4.74 Å². The average Bonchev–Trinajstić information content (AvgIpc) is 3.22. The summed E-state index contributed by atoms with van der Waals surface area (Å²) in [4.78, 5) is 11.2. The van der Waals surface area contributed by atoms with Gasteiger partial charge in [-0.25, -0.2) is 0 Å². The largest absolute Gasteiger partial charge is 0.371 e. The van der Waals surface area contributed by atoms with Crippen molar-refractivity contribution in [1.29, 1.82) is 0 Å². The molecule has 0 bridgehead atoms. The van der Waals surface area contributed by atoms with E-state index in [1.165, 1.54) is 24.5 Å². The first-order valence-corrected chi connectivity index (χ1v) is 9.67. The highest BCUT2D eigenvalue weighted by Crippen LogP contribution is 2.26. The number of pyridine rings is 1. The molecule has 4 rings (SSSR count). The van der Waals surface area contributed by atoms with Gasteiger partial charge in [0.1, 0.15) is 0 Å². The van der Waals surface area contributed by atoms with E-state index in [0.717, 1.165) is 30.9 Å². The zero-order valence-corrected chi connectivity index (χ0v) is 15.0. The first-order valence-electron chi connectivity index (χ1n) is 8.79. The SMILES string of the molecule is Cc1cccc(CO[C@@H]2C[C@@H]3CN(Cc4cccs4)CCN3C2)n1. The normalized spacial score (nSPS) is 25.0. The van der Waals surface area contributed by atoms with Gasteiger partial charge in [0, 0.05) is 49.3 Å². The first-order chi connectivity index (χ1) is 11.8. The molecule has 0 N–H and O–H groups in total. The van der Waals surface area contributed by atoms with E-state index in [0.29, 0.717) is 18.8 Å². The number of ether oxygens (including phenoxy) is 1. The molecule has 0 radical (unpaired) electrons. The van der Waals surface area contributed by atoms with Crippen LogP contribution in [0.4, 0.5) is 0 Å². The molecule has 4 heterocycles. The quantitative estimate of drug-likeness (QED) is 0.835. The summed E-state index contributed by atoms with van der Waals surface area (Å²) in [6, 6.07) is 11.2. The summed E-state index contributed by atoms with van der Waals surface area (Å²) in [5.74, 6) is 0. The summed E-state index contributed by atoms with van der Waals surface area (Å²) in [7, 11) is 0. The topological polar surface area (TPSA) is 28.6 Å². The van der Waals surface area contributed by atoms with E-state index in [2.05, 4.69) is 44.4 Å². The van der Waals surface area contributed by atoms with E-state index < -0.39 is 0 Å². The molecule has 2 saturated heterocycles. The van der Waals surface area contributed by atoms with Crippen molar-refractivity contribution < 1.29 is 4.74 Å². The molecule has 0 unspecified atom stereocenters. The Hall–Kier alpha value is -1.27. The van der Waals surface area contributed by atoms with Crippen molar-refractivity contribution in [1.82, 2.24) is 14.8 Å². The lowest BCUT2D eigenvalue weighted by Gasteiger charge is -2.37. The molecule has 2 fully saturated rings. The summed E-state index contributed by atoms with van der Waals surface area (Å²) in [6.07, 6.45) is 1.49. The van der Waals surface area contributed by atoms with Crippen LogP contribution in [0.1, 0.15) is 22.7 Å². The smallest absolute Gasteiger partial charge is 0.0892 e. The minimum atomic E-state index is 0.346. The minimum Gasteiger partial charge on any atom is -0.371 e. The summed E-state index contributed by atoms with van der Waals surface area (Å²) in [6.45, 7) is 8.33. The van der Waals surface area contributed by atoms with Gasteiger partial charge >= 0.3 is 0 Å². The number of rotatable bonds is 5. The van der Waals surface area contributed by atoms with Gasteiger partial charge in [-0.2, -0.15) is 0 Å². The molecular weight excluding hydrogens is 318 g/mol. The van der Waals surface area contributed by atoms with Crippen LogP contribution in [0.15, 0.2) is 35.7 Å². The van der Waals surface area contributed by atoms with Gasteiger partial charge < -0.3 is 4.74 Å². The molecule has 0 spiro atoms. The molecule has 2 atom stereocenters. The van der Waals surface area contributed by atoms with Crippen molar-refractivity contribution >= 4 is 11.3 Å². The van der Waals surface area contributed by atoms with E-state index in [-0.39, 0.29) is 0 Å². The maximum atomic E-state index is 6.16. The highest BCUT2D eigenvalue weighted by Gasteiger charge is 2.36. The van der Waals surface area contributed by atoms with E-state index >= 15 is 0 Å². The molecule has 0 aliphatic carbocycles. The fraction of sp³-hybridized carbons (Fsp3) is 0.526. The summed E-state index contributed by atoms with van der Waals surface area (Å²) >= 11 is 1.86. The molecule has 2 aliphatic heterocycles. The van der Waals surface area contributed by atoms with Gasteiger partial charge in [-0.15, -0.1) is 11.3 Å². The third-order valence-electron chi connectivity index (χ3n) is 5.03. The third kappa shape index (κ3) is 3.86. The van der Waals surface area contributed by atoms with E-state index in [1.54, 1.807) is 0 Å². The highest BCUT2D eigenvalue weighted by atomic mass is 32.1. The number of nitrogens with zero attached hydrogens (tertiary/aromatic N) is 3. The molecule has 24 heavy (non-hydrogen) atoms. The predicted molar refractivity (Wildman–Crippen MR) is 97.1 cm³/mol. The minimum absolute atomic E-state index is 0.346. The van der Waals surface area contributed by atoms with Crippen LogP contribution in [0.5, 0.6) is 0 Å². The zero-order chi connectivity index (χ0) is 16.4. The van der Waals surface area contributed by atoms with E-state index in [1.807, 2.05) is 24.3 Å². The lowest BCUT2D eigenvalue weighted by atomic mass is 10.1. The number of aryl methyl sites for hydroxylation is 1. The van der Waals surface area contributed by atoms with Crippen LogP contribution in [0.3, 0.4) is 0 Å². The van der Waals surface area contributed by atoms with Crippen LogP contribution < -0.4 is 0 Å². The van der Waals surface area contributed by atoms with Crippen molar-refractivity contribution in [3.63, 3.8) is 0 Å². The van der Waals surface area contributed by atoms with Gasteiger partial charge in [-0.1, -0.05) is 12.1 Å². The van der Waals surface area contributed by atoms with Crippen LogP contribution in [0, 0.1) is 6.92 Å². The Morgan fingerprint density at radius 3 is 3.00 bits per heavy atom. The Bertz CT molecular complexity index is 660. The number of hydrogen-bond acceptors (Lipinski definition) is 5.